The minimum atomic E-state index is 0.691. The van der Waals surface area contributed by atoms with E-state index in [9.17, 15) is 0 Å². The summed E-state index contributed by atoms with van der Waals surface area (Å²) in [5.41, 5.74) is 8.15. The fourth-order valence-corrected chi connectivity index (χ4v) is 4.20. The summed E-state index contributed by atoms with van der Waals surface area (Å²) in [5.74, 6) is 0. The van der Waals surface area contributed by atoms with Crippen LogP contribution in [0.15, 0.2) is 35.5 Å². The highest BCUT2D eigenvalue weighted by atomic mass is 35.5. The molecular formula is C19H27ClN4. The molecule has 0 spiro atoms. The molecule has 0 atom stereocenters. The second kappa shape index (κ2) is 7.04. The van der Waals surface area contributed by atoms with Crippen LogP contribution in [0.1, 0.15) is 24.8 Å². The van der Waals surface area contributed by atoms with Gasteiger partial charge < -0.3 is 10.3 Å². The van der Waals surface area contributed by atoms with Gasteiger partial charge in [0.05, 0.1) is 0 Å². The van der Waals surface area contributed by atoms with Gasteiger partial charge in [-0.3, -0.25) is 4.90 Å². The van der Waals surface area contributed by atoms with Crippen LogP contribution < -0.4 is 5.43 Å². The lowest BCUT2D eigenvalue weighted by Crippen LogP contribution is -2.47. The third-order valence-electron chi connectivity index (χ3n) is 5.63. The van der Waals surface area contributed by atoms with Crippen LogP contribution in [0.3, 0.4) is 0 Å². The number of hydrogen-bond donors (Lipinski definition) is 1. The average molecular weight is 347 g/mol. The van der Waals surface area contributed by atoms with Crippen LogP contribution in [0.4, 0.5) is 0 Å². The maximum absolute atomic E-state index is 5.99. The van der Waals surface area contributed by atoms with Crippen LogP contribution in [0.2, 0.25) is 5.02 Å². The van der Waals surface area contributed by atoms with Gasteiger partial charge in [0.25, 0.3) is 0 Å². The van der Waals surface area contributed by atoms with Gasteiger partial charge >= 0.3 is 0 Å². The number of benzene rings is 1. The molecule has 0 amide bonds. The minimum absolute atomic E-state index is 0.691. The molecule has 5 heteroatoms. The fraction of sp³-hybridized carbons (Fsp3) is 0.579. The predicted octanol–water partition coefficient (Wildman–Crippen LogP) is 2.71. The third kappa shape index (κ3) is 3.62. The monoisotopic (exact) mass is 346 g/mol. The second-order valence-electron chi connectivity index (χ2n) is 7.44. The summed E-state index contributed by atoms with van der Waals surface area (Å²) in [6.45, 7) is 6.76. The minimum Gasteiger partial charge on any atom is -0.321 e. The molecule has 130 valence electrons. The summed E-state index contributed by atoms with van der Waals surface area (Å²) >= 11 is 5.99. The van der Waals surface area contributed by atoms with Crippen LogP contribution in [0, 0.1) is 0 Å². The highest BCUT2D eigenvalue weighted by Gasteiger charge is 2.32. The SMILES string of the molecule is CN1CCC(N2CC3=C(CN(Cc4ccc(Cl)cc4)CC3)N2)CC1. The Bertz CT molecular complexity index is 604. The number of hydrogen-bond acceptors (Lipinski definition) is 4. The topological polar surface area (TPSA) is 21.8 Å². The number of halogens is 1. The first kappa shape index (κ1) is 16.4. The summed E-state index contributed by atoms with van der Waals surface area (Å²) in [6.07, 6.45) is 3.75. The molecule has 3 aliphatic rings. The molecule has 3 aliphatic heterocycles. The van der Waals surface area contributed by atoms with Crippen molar-refractivity contribution in [1.29, 1.82) is 0 Å². The van der Waals surface area contributed by atoms with Crippen molar-refractivity contribution >= 4 is 11.6 Å². The van der Waals surface area contributed by atoms with Crippen molar-refractivity contribution in [3.8, 4) is 0 Å². The maximum atomic E-state index is 5.99. The summed E-state index contributed by atoms with van der Waals surface area (Å²) in [7, 11) is 2.23. The van der Waals surface area contributed by atoms with Gasteiger partial charge in [-0.25, -0.2) is 5.01 Å². The first-order valence-corrected chi connectivity index (χ1v) is 9.45. The van der Waals surface area contributed by atoms with Crippen LogP contribution >= 0.6 is 11.6 Å². The van der Waals surface area contributed by atoms with Crippen LogP contribution in [-0.2, 0) is 6.54 Å². The summed E-state index contributed by atoms with van der Waals surface area (Å²) in [6, 6.07) is 8.94. The van der Waals surface area contributed by atoms with Crippen molar-refractivity contribution in [2.45, 2.75) is 31.8 Å². The van der Waals surface area contributed by atoms with E-state index in [1.54, 1.807) is 5.57 Å². The quantitative estimate of drug-likeness (QED) is 0.908. The number of likely N-dealkylation sites (tertiary alicyclic amines) is 1. The first-order chi connectivity index (χ1) is 11.7. The number of nitrogens with one attached hydrogen (secondary N) is 1. The Morgan fingerprint density at radius 3 is 2.58 bits per heavy atom. The van der Waals surface area contributed by atoms with E-state index in [2.05, 4.69) is 39.4 Å². The van der Waals surface area contributed by atoms with E-state index >= 15 is 0 Å². The Balaban J connectivity index is 1.33. The van der Waals surface area contributed by atoms with Gasteiger partial charge in [-0.05, 0) is 62.7 Å². The van der Waals surface area contributed by atoms with Crippen molar-refractivity contribution < 1.29 is 0 Å². The summed E-state index contributed by atoms with van der Waals surface area (Å²) in [4.78, 5) is 4.97. The van der Waals surface area contributed by atoms with E-state index in [4.69, 9.17) is 11.6 Å². The number of piperidine rings is 1. The zero-order chi connectivity index (χ0) is 16.5. The van der Waals surface area contributed by atoms with E-state index in [1.165, 1.54) is 43.6 Å². The van der Waals surface area contributed by atoms with Gasteiger partial charge in [0, 0.05) is 42.9 Å². The number of nitrogens with zero attached hydrogens (tertiary/aromatic N) is 3. The lowest BCUT2D eigenvalue weighted by Gasteiger charge is -2.35. The number of hydrazine groups is 1. The molecule has 4 nitrogen and oxygen atoms in total. The summed E-state index contributed by atoms with van der Waals surface area (Å²) in [5, 5.41) is 3.32. The Morgan fingerprint density at radius 2 is 1.83 bits per heavy atom. The van der Waals surface area contributed by atoms with Gasteiger partial charge in [-0.15, -0.1) is 0 Å². The van der Waals surface area contributed by atoms with Crippen molar-refractivity contribution in [2.24, 2.45) is 0 Å². The molecule has 1 saturated heterocycles. The smallest absolute Gasteiger partial charge is 0.0413 e. The standard InChI is InChI=1S/C19H27ClN4/c1-22-9-7-18(8-10-22)24-13-16-6-11-23(14-19(16)21-24)12-15-2-4-17(20)5-3-15/h2-5,18,21H,6-14H2,1H3. The predicted molar refractivity (Wildman–Crippen MR) is 98.7 cm³/mol. The molecular weight excluding hydrogens is 320 g/mol. The highest BCUT2D eigenvalue weighted by molar-refractivity contribution is 6.30. The lowest BCUT2D eigenvalue weighted by molar-refractivity contribution is 0.106. The van der Waals surface area contributed by atoms with E-state index in [0.717, 1.165) is 31.2 Å². The Morgan fingerprint density at radius 1 is 1.08 bits per heavy atom. The van der Waals surface area contributed by atoms with Crippen molar-refractivity contribution in [3.63, 3.8) is 0 Å². The average Bonchev–Trinajstić information content (AvgIpc) is 3.01. The highest BCUT2D eigenvalue weighted by Crippen LogP contribution is 2.27. The van der Waals surface area contributed by atoms with Crippen molar-refractivity contribution in [2.75, 3.05) is 39.8 Å². The normalized spacial score (nSPS) is 24.2. The van der Waals surface area contributed by atoms with E-state index < -0.39 is 0 Å². The third-order valence-corrected chi connectivity index (χ3v) is 5.88. The second-order valence-corrected chi connectivity index (χ2v) is 7.88. The molecule has 0 aliphatic carbocycles. The van der Waals surface area contributed by atoms with Gasteiger partial charge in [-0.1, -0.05) is 23.7 Å². The van der Waals surface area contributed by atoms with Gasteiger partial charge in [0.1, 0.15) is 0 Å². The maximum Gasteiger partial charge on any atom is 0.0413 e. The molecule has 1 fully saturated rings. The molecule has 1 N–H and O–H groups in total. The molecule has 0 radical (unpaired) electrons. The van der Waals surface area contributed by atoms with Crippen LogP contribution in [0.25, 0.3) is 0 Å². The molecule has 0 bridgehead atoms. The number of rotatable bonds is 3. The Kier molecular flexibility index (Phi) is 4.81. The van der Waals surface area contributed by atoms with E-state index in [-0.39, 0.29) is 0 Å². The molecule has 4 rings (SSSR count). The van der Waals surface area contributed by atoms with Gasteiger partial charge in [0.15, 0.2) is 0 Å². The van der Waals surface area contributed by atoms with Gasteiger partial charge in [-0.2, -0.15) is 0 Å². The zero-order valence-corrected chi connectivity index (χ0v) is 15.2. The Hall–Kier alpha value is -1.07. The van der Waals surface area contributed by atoms with Gasteiger partial charge in [0.2, 0.25) is 0 Å². The molecule has 0 aromatic heterocycles. The summed E-state index contributed by atoms with van der Waals surface area (Å²) < 4.78 is 0. The van der Waals surface area contributed by atoms with Crippen molar-refractivity contribution in [1.82, 2.24) is 20.2 Å². The molecule has 0 saturated carbocycles. The first-order valence-electron chi connectivity index (χ1n) is 9.07. The van der Waals surface area contributed by atoms with E-state index in [1.807, 2.05) is 12.1 Å². The van der Waals surface area contributed by atoms with Crippen LogP contribution in [-0.4, -0.2) is 60.6 Å². The molecule has 24 heavy (non-hydrogen) atoms. The Labute approximate surface area is 150 Å². The van der Waals surface area contributed by atoms with E-state index in [0.29, 0.717) is 6.04 Å². The molecule has 3 heterocycles. The van der Waals surface area contributed by atoms with Crippen molar-refractivity contribution in [3.05, 3.63) is 46.1 Å². The molecule has 1 aromatic carbocycles. The fourth-order valence-electron chi connectivity index (χ4n) is 4.08. The lowest BCUT2D eigenvalue weighted by atomic mass is 10.0. The zero-order valence-electron chi connectivity index (χ0n) is 14.5. The largest absolute Gasteiger partial charge is 0.321 e. The van der Waals surface area contributed by atoms with Crippen LogP contribution in [0.5, 0.6) is 0 Å². The molecule has 0 unspecified atom stereocenters. The molecule has 1 aromatic rings.